The van der Waals surface area contributed by atoms with Gasteiger partial charge in [0.2, 0.25) is 0 Å². The van der Waals surface area contributed by atoms with Gasteiger partial charge in [0.05, 0.1) is 17.3 Å². The lowest BCUT2D eigenvalue weighted by Gasteiger charge is -2.20. The fourth-order valence-electron chi connectivity index (χ4n) is 2.46. The number of hydrogen-bond donors (Lipinski definition) is 1. The molecule has 4 nitrogen and oxygen atoms in total. The Balaban J connectivity index is 1.42. The average Bonchev–Trinajstić information content (AvgIpc) is 2.61. The van der Waals surface area contributed by atoms with Crippen LogP contribution < -0.4 is 10.1 Å². The SMILES string of the molecule is Cc1ccc(SCCCCOc2ccc3c(c2Cl)COC(=O)N3)cc1. The number of halogens is 1. The number of rotatable bonds is 7. The third kappa shape index (κ3) is 4.83. The predicted octanol–water partition coefficient (Wildman–Crippen LogP) is 5.66. The summed E-state index contributed by atoms with van der Waals surface area (Å²) in [5.74, 6) is 1.69. The Kier molecular flexibility index (Phi) is 6.10. The third-order valence-corrected chi connectivity index (χ3v) is 5.39. The van der Waals surface area contributed by atoms with Crippen molar-refractivity contribution in [1.29, 1.82) is 0 Å². The first-order valence-corrected chi connectivity index (χ1v) is 9.57. The van der Waals surface area contributed by atoms with Crippen molar-refractivity contribution in [3.63, 3.8) is 0 Å². The van der Waals surface area contributed by atoms with Gasteiger partial charge in [0.1, 0.15) is 12.4 Å². The van der Waals surface area contributed by atoms with Crippen molar-refractivity contribution in [3.8, 4) is 5.75 Å². The molecule has 1 heterocycles. The molecule has 6 heteroatoms. The number of amides is 1. The second-order valence-electron chi connectivity index (χ2n) is 5.82. The second-order valence-corrected chi connectivity index (χ2v) is 7.37. The molecule has 132 valence electrons. The highest BCUT2D eigenvalue weighted by Gasteiger charge is 2.20. The van der Waals surface area contributed by atoms with E-state index in [1.54, 1.807) is 12.1 Å². The zero-order valence-corrected chi connectivity index (χ0v) is 15.6. The van der Waals surface area contributed by atoms with Crippen molar-refractivity contribution >= 4 is 35.1 Å². The van der Waals surface area contributed by atoms with Crippen LogP contribution >= 0.6 is 23.4 Å². The van der Waals surface area contributed by atoms with Gasteiger partial charge in [-0.2, -0.15) is 0 Å². The van der Waals surface area contributed by atoms with Crippen molar-refractivity contribution in [2.45, 2.75) is 31.3 Å². The maximum Gasteiger partial charge on any atom is 0.411 e. The molecule has 0 radical (unpaired) electrons. The minimum atomic E-state index is -0.455. The number of carbonyl (C=O) groups is 1. The minimum Gasteiger partial charge on any atom is -0.492 e. The summed E-state index contributed by atoms with van der Waals surface area (Å²) < 4.78 is 10.7. The quantitative estimate of drug-likeness (QED) is 0.499. The maximum atomic E-state index is 11.2. The summed E-state index contributed by atoms with van der Waals surface area (Å²) in [4.78, 5) is 12.5. The van der Waals surface area contributed by atoms with Gasteiger partial charge in [0.15, 0.2) is 0 Å². The first-order chi connectivity index (χ1) is 12.1. The summed E-state index contributed by atoms with van der Waals surface area (Å²) in [6.45, 7) is 2.88. The minimum absolute atomic E-state index is 0.171. The summed E-state index contributed by atoms with van der Waals surface area (Å²) in [5, 5.41) is 3.13. The largest absolute Gasteiger partial charge is 0.492 e. The molecule has 0 fully saturated rings. The molecule has 0 atom stereocenters. The van der Waals surface area contributed by atoms with Gasteiger partial charge >= 0.3 is 6.09 Å². The van der Waals surface area contributed by atoms with E-state index in [-0.39, 0.29) is 6.61 Å². The highest BCUT2D eigenvalue weighted by Crippen LogP contribution is 2.36. The van der Waals surface area contributed by atoms with E-state index in [1.165, 1.54) is 10.5 Å². The number of nitrogens with one attached hydrogen (secondary N) is 1. The van der Waals surface area contributed by atoms with Crippen LogP contribution in [0.3, 0.4) is 0 Å². The van der Waals surface area contributed by atoms with Crippen molar-refractivity contribution < 1.29 is 14.3 Å². The van der Waals surface area contributed by atoms with Crippen molar-refractivity contribution in [1.82, 2.24) is 0 Å². The topological polar surface area (TPSA) is 47.6 Å². The van der Waals surface area contributed by atoms with Gasteiger partial charge in [-0.1, -0.05) is 29.3 Å². The molecule has 25 heavy (non-hydrogen) atoms. The van der Waals surface area contributed by atoms with Crippen LogP contribution in [0.1, 0.15) is 24.0 Å². The van der Waals surface area contributed by atoms with Gasteiger partial charge in [0, 0.05) is 10.5 Å². The van der Waals surface area contributed by atoms with E-state index in [1.807, 2.05) is 11.8 Å². The Bertz CT molecular complexity index is 749. The lowest BCUT2D eigenvalue weighted by molar-refractivity contribution is 0.151. The van der Waals surface area contributed by atoms with Crippen LogP contribution in [-0.4, -0.2) is 18.5 Å². The monoisotopic (exact) mass is 377 g/mol. The van der Waals surface area contributed by atoms with Gasteiger partial charge in [-0.15, -0.1) is 11.8 Å². The summed E-state index contributed by atoms with van der Waals surface area (Å²) >= 11 is 8.21. The molecule has 0 saturated heterocycles. The number of unbranched alkanes of at least 4 members (excludes halogenated alkanes) is 1. The molecule has 3 rings (SSSR count). The number of ether oxygens (including phenoxy) is 2. The van der Waals surface area contributed by atoms with E-state index in [0.29, 0.717) is 23.1 Å². The van der Waals surface area contributed by atoms with Crippen LogP contribution in [0, 0.1) is 6.92 Å². The molecule has 1 aliphatic rings. The van der Waals surface area contributed by atoms with Crippen molar-refractivity contribution in [2.24, 2.45) is 0 Å². The molecule has 1 amide bonds. The van der Waals surface area contributed by atoms with Gasteiger partial charge in [-0.05, 0) is 49.8 Å². The summed E-state index contributed by atoms with van der Waals surface area (Å²) in [6, 6.07) is 12.2. The van der Waals surface area contributed by atoms with Crippen LogP contribution in [0.2, 0.25) is 5.02 Å². The zero-order valence-electron chi connectivity index (χ0n) is 14.0. The number of thioether (sulfide) groups is 1. The number of anilines is 1. The van der Waals surface area contributed by atoms with E-state index in [4.69, 9.17) is 21.1 Å². The van der Waals surface area contributed by atoms with E-state index < -0.39 is 6.09 Å². The van der Waals surface area contributed by atoms with Gasteiger partial charge in [0.25, 0.3) is 0 Å². The molecular weight excluding hydrogens is 358 g/mol. The van der Waals surface area contributed by atoms with E-state index in [2.05, 4.69) is 36.5 Å². The molecule has 1 aliphatic heterocycles. The number of aryl methyl sites for hydroxylation is 1. The number of benzene rings is 2. The molecule has 0 saturated carbocycles. The molecule has 0 unspecified atom stereocenters. The van der Waals surface area contributed by atoms with Gasteiger partial charge < -0.3 is 9.47 Å². The Morgan fingerprint density at radius 3 is 2.80 bits per heavy atom. The van der Waals surface area contributed by atoms with Crippen LogP contribution in [0.5, 0.6) is 5.75 Å². The second kappa shape index (κ2) is 8.50. The molecular formula is C19H20ClNO3S. The fraction of sp³-hybridized carbons (Fsp3) is 0.316. The maximum absolute atomic E-state index is 11.2. The number of hydrogen-bond acceptors (Lipinski definition) is 4. The third-order valence-electron chi connectivity index (χ3n) is 3.88. The lowest BCUT2D eigenvalue weighted by Crippen LogP contribution is -2.20. The lowest BCUT2D eigenvalue weighted by atomic mass is 10.1. The number of fused-ring (bicyclic) bond motifs is 1. The Hall–Kier alpha value is -1.85. The van der Waals surface area contributed by atoms with Gasteiger partial charge in [-0.25, -0.2) is 4.79 Å². The fourth-order valence-corrected chi connectivity index (χ4v) is 3.65. The van der Waals surface area contributed by atoms with Crippen LogP contribution in [0.15, 0.2) is 41.3 Å². The molecule has 0 aromatic heterocycles. The van der Waals surface area contributed by atoms with Crippen molar-refractivity contribution in [2.75, 3.05) is 17.7 Å². The molecule has 0 aliphatic carbocycles. The number of cyclic esters (lactones) is 1. The highest BCUT2D eigenvalue weighted by molar-refractivity contribution is 7.99. The Morgan fingerprint density at radius 2 is 2.00 bits per heavy atom. The molecule has 1 N–H and O–H groups in total. The summed E-state index contributed by atoms with van der Waals surface area (Å²) in [7, 11) is 0. The van der Waals surface area contributed by atoms with Crippen LogP contribution in [0.4, 0.5) is 10.5 Å². The smallest absolute Gasteiger partial charge is 0.411 e. The Labute approximate surface area is 156 Å². The first kappa shape index (κ1) is 18.0. The van der Waals surface area contributed by atoms with Crippen LogP contribution in [0.25, 0.3) is 0 Å². The van der Waals surface area contributed by atoms with E-state index >= 15 is 0 Å². The normalized spacial score (nSPS) is 13.0. The van der Waals surface area contributed by atoms with E-state index in [9.17, 15) is 4.79 Å². The molecule has 2 aromatic rings. The molecule has 0 spiro atoms. The average molecular weight is 378 g/mol. The van der Waals surface area contributed by atoms with Crippen LogP contribution in [-0.2, 0) is 11.3 Å². The molecule has 0 bridgehead atoms. The standard InChI is InChI=1S/C19H20ClNO3S/c1-13-4-6-14(7-5-13)25-11-3-2-10-23-17-9-8-16-15(18(17)20)12-24-19(22)21-16/h4-9H,2-3,10-12H2,1H3,(H,21,22). The van der Waals surface area contributed by atoms with Crippen molar-refractivity contribution in [3.05, 3.63) is 52.5 Å². The van der Waals surface area contributed by atoms with Gasteiger partial charge in [-0.3, -0.25) is 5.32 Å². The predicted molar refractivity (Wildman–Crippen MR) is 102 cm³/mol. The molecule has 2 aromatic carbocycles. The zero-order chi connectivity index (χ0) is 17.6. The van der Waals surface area contributed by atoms with E-state index in [0.717, 1.165) is 24.2 Å². The first-order valence-electron chi connectivity index (χ1n) is 8.21. The summed E-state index contributed by atoms with van der Waals surface area (Å²) in [5.41, 5.74) is 2.72. The highest BCUT2D eigenvalue weighted by atomic mass is 35.5. The Morgan fingerprint density at radius 1 is 1.20 bits per heavy atom. The number of carbonyl (C=O) groups excluding carboxylic acids is 1. The summed E-state index contributed by atoms with van der Waals surface area (Å²) in [6.07, 6.45) is 1.57.